The van der Waals surface area contributed by atoms with Gasteiger partial charge in [-0.2, -0.15) is 0 Å². The highest BCUT2D eigenvalue weighted by Gasteiger charge is 2.37. The van der Waals surface area contributed by atoms with Crippen LogP contribution in [0.3, 0.4) is 0 Å². The predicted molar refractivity (Wildman–Crippen MR) is 260 cm³/mol. The van der Waals surface area contributed by atoms with Gasteiger partial charge in [0.05, 0.1) is 25.0 Å². The molecule has 14 heteroatoms. The zero-order valence-corrected chi connectivity index (χ0v) is 39.5. The molecule has 4 N–H and O–H groups in total. The Kier molecular flexibility index (Phi) is 15.4. The second-order valence-electron chi connectivity index (χ2n) is 19.6. The van der Waals surface area contributed by atoms with E-state index in [-0.39, 0.29) is 46.5 Å². The molecule has 4 amide bonds. The predicted octanol–water partition coefficient (Wildman–Crippen LogP) is 9.49. The van der Waals surface area contributed by atoms with Gasteiger partial charge in [0.1, 0.15) is 23.5 Å². The monoisotopic (exact) mass is 905 g/mol. The third kappa shape index (κ3) is 12.1. The van der Waals surface area contributed by atoms with Gasteiger partial charge in [-0.05, 0) is 84.0 Å². The van der Waals surface area contributed by atoms with Crippen LogP contribution in [-0.4, -0.2) is 65.6 Å². The summed E-state index contributed by atoms with van der Waals surface area (Å²) in [7, 11) is 0. The van der Waals surface area contributed by atoms with Gasteiger partial charge in [0.25, 0.3) is 11.8 Å². The summed E-state index contributed by atoms with van der Waals surface area (Å²) >= 11 is 0. The molecular formula is C53H64N10O4. The Morgan fingerprint density at radius 3 is 1.21 bits per heavy atom. The molecule has 2 aliphatic rings. The summed E-state index contributed by atoms with van der Waals surface area (Å²) in [6.07, 6.45) is 22.0. The van der Waals surface area contributed by atoms with Crippen LogP contribution in [0.2, 0.25) is 0 Å². The number of pyridine rings is 2. The van der Waals surface area contributed by atoms with E-state index < -0.39 is 12.1 Å². The molecule has 2 aliphatic carbocycles. The lowest BCUT2D eigenvalue weighted by Gasteiger charge is -2.33. The first-order valence-electron chi connectivity index (χ1n) is 23.4. The summed E-state index contributed by atoms with van der Waals surface area (Å²) in [5.74, 6) is -1.06. The lowest BCUT2D eigenvalue weighted by Crippen LogP contribution is -2.47. The molecule has 4 aromatic heterocycles. The average Bonchev–Trinajstić information content (AvgIpc) is 4.17. The Bertz CT molecular complexity index is 2500. The number of H-pyrrole nitrogens is 2. The van der Waals surface area contributed by atoms with Crippen LogP contribution in [0.5, 0.6) is 0 Å². The summed E-state index contributed by atoms with van der Waals surface area (Å²) in [5, 5.41) is 6.39. The summed E-state index contributed by atoms with van der Waals surface area (Å²) in [4.78, 5) is 80.3. The molecule has 2 atom stereocenters. The number of anilines is 2. The molecule has 350 valence electrons. The maximum Gasteiger partial charge on any atom is 0.277 e. The third-order valence-electron chi connectivity index (χ3n) is 12.6. The molecule has 0 bridgehead atoms. The van der Waals surface area contributed by atoms with E-state index in [1.807, 2.05) is 60.7 Å². The minimum atomic E-state index is -0.869. The van der Waals surface area contributed by atoms with Crippen LogP contribution >= 0.6 is 0 Å². The van der Waals surface area contributed by atoms with Gasteiger partial charge in [-0.15, -0.1) is 0 Å². The molecule has 4 heterocycles. The van der Waals surface area contributed by atoms with Crippen molar-refractivity contribution in [3.05, 3.63) is 156 Å². The molecule has 14 nitrogen and oxygen atoms in total. The topological polar surface area (TPSA) is 182 Å². The summed E-state index contributed by atoms with van der Waals surface area (Å²) < 4.78 is 0. The van der Waals surface area contributed by atoms with Gasteiger partial charge >= 0.3 is 0 Å². The number of amides is 4. The number of hydrogen-bond donors (Lipinski definition) is 4. The highest BCUT2D eigenvalue weighted by molar-refractivity contribution is 6.10. The molecule has 8 rings (SSSR count). The minimum Gasteiger partial charge on any atom is -0.351 e. The molecule has 0 spiro atoms. The summed E-state index contributed by atoms with van der Waals surface area (Å²) in [6.45, 7) is 12.9. The first-order valence-corrected chi connectivity index (χ1v) is 23.4. The quantitative estimate of drug-likeness (QED) is 0.0937. The van der Waals surface area contributed by atoms with E-state index in [0.29, 0.717) is 33.9 Å². The molecule has 0 radical (unpaired) electrons. The SMILES string of the molecule is CC(C)(C)c1ccc(N(C(=O)c2cnc[nH]2)C(C(=O)NC2CCCC2)c2cccnc2)cc1.CC(C)(C)c1ccc(N(C(=O)c2cnc[nH]2)C(C(=O)NC2CCCCC2)c2cccnc2)cc1. The van der Waals surface area contributed by atoms with Crippen molar-refractivity contribution in [2.75, 3.05) is 9.80 Å². The number of hydrogen-bond acceptors (Lipinski definition) is 8. The lowest BCUT2D eigenvalue weighted by atomic mass is 9.87. The van der Waals surface area contributed by atoms with E-state index in [9.17, 15) is 19.2 Å². The summed E-state index contributed by atoms with van der Waals surface area (Å²) in [6, 6.07) is 21.4. The van der Waals surface area contributed by atoms with E-state index in [0.717, 1.165) is 62.5 Å². The maximum atomic E-state index is 13.8. The molecule has 2 aromatic carbocycles. The van der Waals surface area contributed by atoms with Gasteiger partial charge in [-0.25, -0.2) is 9.97 Å². The molecule has 2 fully saturated rings. The Balaban J connectivity index is 0.000000199. The normalized spacial score (nSPS) is 15.4. The van der Waals surface area contributed by atoms with Gasteiger partial charge in [0.15, 0.2) is 0 Å². The molecule has 6 aromatic rings. The number of aromatic nitrogens is 6. The van der Waals surface area contributed by atoms with Crippen molar-refractivity contribution in [3.63, 3.8) is 0 Å². The van der Waals surface area contributed by atoms with Crippen LogP contribution in [0.1, 0.15) is 155 Å². The van der Waals surface area contributed by atoms with Crippen molar-refractivity contribution in [2.45, 2.75) is 134 Å². The molecular weight excluding hydrogens is 841 g/mol. The Morgan fingerprint density at radius 2 is 0.896 bits per heavy atom. The lowest BCUT2D eigenvalue weighted by molar-refractivity contribution is -0.124. The van der Waals surface area contributed by atoms with Gasteiger partial charge in [-0.3, -0.25) is 38.9 Å². The van der Waals surface area contributed by atoms with Gasteiger partial charge in [0, 0.05) is 59.4 Å². The number of rotatable bonds is 12. The molecule has 67 heavy (non-hydrogen) atoms. The molecule has 2 saturated carbocycles. The number of aromatic amines is 2. The van der Waals surface area contributed by atoms with E-state index in [1.54, 1.807) is 46.7 Å². The zero-order chi connectivity index (χ0) is 47.6. The Morgan fingerprint density at radius 1 is 0.522 bits per heavy atom. The first-order chi connectivity index (χ1) is 32.2. The zero-order valence-electron chi connectivity index (χ0n) is 39.5. The second kappa shape index (κ2) is 21.6. The largest absolute Gasteiger partial charge is 0.351 e. The standard InChI is InChI=1S/C27H33N5O2.C26H31N5O2/c1-27(2,3)20-11-13-22(14-12-20)32(26(34)23-17-29-18-30-23)24(19-8-7-15-28-16-19)25(33)31-21-9-5-4-6-10-21;1-26(2,3)19-10-12-21(13-11-19)31(25(33)22-16-28-17-29-22)23(18-7-6-14-27-15-18)24(32)30-20-8-4-5-9-20/h7-8,11-18,21,24H,4-6,9-10H2,1-3H3,(H,29,30)(H,31,33);6-7,10-17,20,23H,4-5,8-9H2,1-3H3,(H,28,29)(H,30,32). The number of benzene rings is 2. The van der Waals surface area contributed by atoms with Crippen molar-refractivity contribution < 1.29 is 19.2 Å². The fraction of sp³-hybridized carbons (Fsp3) is 0.396. The van der Waals surface area contributed by atoms with Gasteiger partial charge in [-0.1, -0.05) is 110 Å². The van der Waals surface area contributed by atoms with Crippen molar-refractivity contribution in [1.82, 2.24) is 40.5 Å². The molecule has 2 unspecified atom stereocenters. The fourth-order valence-electron chi connectivity index (χ4n) is 8.80. The van der Waals surface area contributed by atoms with E-state index >= 15 is 0 Å². The fourth-order valence-corrected chi connectivity index (χ4v) is 8.80. The Hall–Kier alpha value is -6.96. The maximum absolute atomic E-state index is 13.8. The van der Waals surface area contributed by atoms with E-state index in [1.165, 1.54) is 31.5 Å². The minimum absolute atomic E-state index is 0.0284. The molecule has 0 saturated heterocycles. The van der Waals surface area contributed by atoms with Crippen LogP contribution in [0, 0.1) is 0 Å². The molecule has 0 aliphatic heterocycles. The van der Waals surface area contributed by atoms with E-state index in [2.05, 4.69) is 82.1 Å². The van der Waals surface area contributed by atoms with Crippen LogP contribution in [0.25, 0.3) is 0 Å². The van der Waals surface area contributed by atoms with Crippen molar-refractivity contribution in [3.8, 4) is 0 Å². The van der Waals surface area contributed by atoms with Crippen molar-refractivity contribution in [1.29, 1.82) is 0 Å². The number of nitrogens with one attached hydrogen (secondary N) is 4. The van der Waals surface area contributed by atoms with Crippen LogP contribution < -0.4 is 20.4 Å². The van der Waals surface area contributed by atoms with Gasteiger partial charge in [0.2, 0.25) is 11.8 Å². The van der Waals surface area contributed by atoms with Crippen molar-refractivity contribution in [2.24, 2.45) is 0 Å². The Labute approximate surface area is 393 Å². The van der Waals surface area contributed by atoms with Crippen LogP contribution in [0.4, 0.5) is 11.4 Å². The number of carbonyl (C=O) groups excluding carboxylic acids is 4. The van der Waals surface area contributed by atoms with Crippen molar-refractivity contribution >= 4 is 35.0 Å². The highest BCUT2D eigenvalue weighted by Crippen LogP contribution is 2.34. The van der Waals surface area contributed by atoms with E-state index in [4.69, 9.17) is 0 Å². The number of nitrogens with zero attached hydrogens (tertiary/aromatic N) is 6. The summed E-state index contributed by atoms with van der Waals surface area (Å²) in [5.41, 5.74) is 5.46. The first kappa shape index (κ1) is 48.0. The second-order valence-corrected chi connectivity index (χ2v) is 19.6. The van der Waals surface area contributed by atoms with Gasteiger partial charge < -0.3 is 20.6 Å². The third-order valence-corrected chi connectivity index (χ3v) is 12.6. The smallest absolute Gasteiger partial charge is 0.277 e. The number of imidazole rings is 2. The highest BCUT2D eigenvalue weighted by atomic mass is 16.2. The number of carbonyl (C=O) groups is 4. The van der Waals surface area contributed by atoms with Crippen LogP contribution in [-0.2, 0) is 20.4 Å². The average molecular weight is 905 g/mol. The van der Waals surface area contributed by atoms with Crippen LogP contribution in [0.15, 0.2) is 123 Å².